The highest BCUT2D eigenvalue weighted by Crippen LogP contribution is 2.36. The molecule has 0 atom stereocenters. The first kappa shape index (κ1) is 16.8. The maximum atomic E-state index is 3.78. The second-order valence-electron chi connectivity index (χ2n) is 5.91. The van der Waals surface area contributed by atoms with E-state index in [9.17, 15) is 0 Å². The van der Waals surface area contributed by atoms with Crippen LogP contribution in [0, 0.1) is 20.8 Å². The van der Waals surface area contributed by atoms with Crippen LogP contribution in [0.2, 0.25) is 0 Å². The Morgan fingerprint density at radius 1 is 0.762 bits per heavy atom. The van der Waals surface area contributed by atoms with Gasteiger partial charge < -0.3 is 0 Å². The Balaban J connectivity index is 2.51. The predicted molar refractivity (Wildman–Crippen MR) is 100 cm³/mol. The van der Waals surface area contributed by atoms with Crippen molar-refractivity contribution in [1.29, 1.82) is 0 Å². The van der Waals surface area contributed by atoms with Crippen molar-refractivity contribution in [3.8, 4) is 0 Å². The highest BCUT2D eigenvalue weighted by atomic mass is 79.9. The first-order valence-electron chi connectivity index (χ1n) is 7.27. The van der Waals surface area contributed by atoms with Gasteiger partial charge in [-0.15, -0.1) is 0 Å². The molecule has 0 nitrogen and oxygen atoms in total. The van der Waals surface area contributed by atoms with Crippen molar-refractivity contribution < 1.29 is 0 Å². The molecule has 21 heavy (non-hydrogen) atoms. The third-order valence-corrected chi connectivity index (χ3v) is 6.53. The molecule has 0 aromatic heterocycles. The van der Waals surface area contributed by atoms with Crippen LogP contribution >= 0.6 is 31.9 Å². The smallest absolute Gasteiger partial charge is 0.0190 e. The van der Waals surface area contributed by atoms with Crippen LogP contribution in [-0.2, 0) is 11.8 Å². The van der Waals surface area contributed by atoms with Gasteiger partial charge in [0.05, 0.1) is 0 Å². The zero-order chi connectivity index (χ0) is 15.5. The molecular weight excluding hydrogens is 388 g/mol. The minimum absolute atomic E-state index is 0.0855. The zero-order valence-corrected chi connectivity index (χ0v) is 16.1. The first-order chi connectivity index (χ1) is 10.0. The molecule has 0 N–H and O–H groups in total. The molecule has 0 fully saturated rings. The predicted octanol–water partition coefficient (Wildman–Crippen LogP) is 5.88. The molecule has 2 heteroatoms. The number of aryl methyl sites for hydroxylation is 3. The Hall–Kier alpha value is -0.600. The van der Waals surface area contributed by atoms with E-state index in [-0.39, 0.29) is 5.41 Å². The standard InChI is InChI=1S/C19H22Br2/c1-14-8-6-9-15(2)17(14)11-19(12-20,13-21)18-10-5-4-7-16(18)3/h4-10H,11-13H2,1-3H3. The van der Waals surface area contributed by atoms with Gasteiger partial charge in [0.15, 0.2) is 0 Å². The van der Waals surface area contributed by atoms with E-state index in [1.165, 1.54) is 27.8 Å². The van der Waals surface area contributed by atoms with Gasteiger partial charge in [-0.1, -0.05) is 74.3 Å². The summed E-state index contributed by atoms with van der Waals surface area (Å²) < 4.78 is 0. The van der Waals surface area contributed by atoms with E-state index in [1.54, 1.807) is 0 Å². The Kier molecular flexibility index (Phi) is 5.67. The van der Waals surface area contributed by atoms with E-state index in [4.69, 9.17) is 0 Å². The molecule has 2 aromatic rings. The van der Waals surface area contributed by atoms with Crippen LogP contribution in [0.15, 0.2) is 42.5 Å². The van der Waals surface area contributed by atoms with Gasteiger partial charge in [-0.25, -0.2) is 0 Å². The van der Waals surface area contributed by atoms with Gasteiger partial charge in [-0.05, 0) is 55.0 Å². The summed E-state index contributed by atoms with van der Waals surface area (Å²) in [6, 6.07) is 15.3. The lowest BCUT2D eigenvalue weighted by atomic mass is 9.75. The first-order valence-corrected chi connectivity index (χ1v) is 9.51. The molecule has 0 spiro atoms. The number of rotatable bonds is 5. The van der Waals surface area contributed by atoms with Crippen molar-refractivity contribution in [3.63, 3.8) is 0 Å². The fraction of sp³-hybridized carbons (Fsp3) is 0.368. The highest BCUT2D eigenvalue weighted by molar-refractivity contribution is 9.09. The number of hydrogen-bond donors (Lipinski definition) is 0. The molecule has 0 aliphatic heterocycles. The lowest BCUT2D eigenvalue weighted by Crippen LogP contribution is -2.34. The van der Waals surface area contributed by atoms with Crippen LogP contribution in [0.1, 0.15) is 27.8 Å². The molecule has 2 rings (SSSR count). The molecule has 0 heterocycles. The fourth-order valence-corrected chi connectivity index (χ4v) is 4.93. The van der Waals surface area contributed by atoms with Crippen LogP contribution in [0.25, 0.3) is 0 Å². The van der Waals surface area contributed by atoms with E-state index >= 15 is 0 Å². The van der Waals surface area contributed by atoms with E-state index in [1.807, 2.05) is 0 Å². The quantitative estimate of drug-likeness (QED) is 0.540. The van der Waals surface area contributed by atoms with Gasteiger partial charge in [-0.3, -0.25) is 0 Å². The van der Waals surface area contributed by atoms with E-state index < -0.39 is 0 Å². The van der Waals surface area contributed by atoms with Crippen molar-refractivity contribution in [2.45, 2.75) is 32.6 Å². The summed E-state index contributed by atoms with van der Waals surface area (Å²) >= 11 is 7.56. The Morgan fingerprint density at radius 2 is 1.29 bits per heavy atom. The number of alkyl halides is 2. The normalized spacial score (nSPS) is 11.7. The SMILES string of the molecule is Cc1ccccc1C(CBr)(CBr)Cc1c(C)cccc1C. The summed E-state index contributed by atoms with van der Waals surface area (Å²) in [5.74, 6) is 0. The summed E-state index contributed by atoms with van der Waals surface area (Å²) in [7, 11) is 0. The average molecular weight is 410 g/mol. The monoisotopic (exact) mass is 408 g/mol. The van der Waals surface area contributed by atoms with Crippen molar-refractivity contribution in [2.75, 3.05) is 10.7 Å². The van der Waals surface area contributed by atoms with E-state index in [2.05, 4.69) is 95.1 Å². The molecular formula is C19H22Br2. The summed E-state index contributed by atoms with van der Waals surface area (Å²) in [6.45, 7) is 6.64. The van der Waals surface area contributed by atoms with E-state index in [0.717, 1.165) is 17.1 Å². The average Bonchev–Trinajstić information content (AvgIpc) is 2.49. The molecule has 2 aromatic carbocycles. The van der Waals surface area contributed by atoms with Crippen LogP contribution in [0.3, 0.4) is 0 Å². The lowest BCUT2D eigenvalue weighted by Gasteiger charge is -2.33. The maximum Gasteiger partial charge on any atom is 0.0190 e. The van der Waals surface area contributed by atoms with Gasteiger partial charge in [0.2, 0.25) is 0 Å². The van der Waals surface area contributed by atoms with Crippen LogP contribution in [0.4, 0.5) is 0 Å². The highest BCUT2D eigenvalue weighted by Gasteiger charge is 2.32. The van der Waals surface area contributed by atoms with Gasteiger partial charge in [0, 0.05) is 16.1 Å². The molecule has 0 amide bonds. The minimum atomic E-state index is 0.0855. The second kappa shape index (κ2) is 7.11. The van der Waals surface area contributed by atoms with Crippen LogP contribution in [-0.4, -0.2) is 10.7 Å². The molecule has 0 saturated heterocycles. The molecule has 112 valence electrons. The number of hydrogen-bond acceptors (Lipinski definition) is 0. The lowest BCUT2D eigenvalue weighted by molar-refractivity contribution is 0.544. The van der Waals surface area contributed by atoms with Crippen LogP contribution in [0.5, 0.6) is 0 Å². The largest absolute Gasteiger partial charge is 0.0918 e. The fourth-order valence-electron chi connectivity index (χ4n) is 3.00. The Bertz CT molecular complexity index is 592. The van der Waals surface area contributed by atoms with Crippen molar-refractivity contribution in [3.05, 3.63) is 70.3 Å². The summed E-state index contributed by atoms with van der Waals surface area (Å²) in [6.07, 6.45) is 1.05. The Labute approximate surface area is 145 Å². The third kappa shape index (κ3) is 3.43. The van der Waals surface area contributed by atoms with Crippen LogP contribution < -0.4 is 0 Å². The Morgan fingerprint density at radius 3 is 1.81 bits per heavy atom. The van der Waals surface area contributed by atoms with E-state index in [0.29, 0.717) is 0 Å². The molecule has 0 aliphatic rings. The molecule has 0 aliphatic carbocycles. The van der Waals surface area contributed by atoms with Gasteiger partial charge in [-0.2, -0.15) is 0 Å². The molecule has 0 unspecified atom stereocenters. The second-order valence-corrected chi connectivity index (χ2v) is 7.03. The van der Waals surface area contributed by atoms with Crippen molar-refractivity contribution in [2.24, 2.45) is 0 Å². The maximum absolute atomic E-state index is 3.78. The topological polar surface area (TPSA) is 0 Å². The molecule has 0 saturated carbocycles. The minimum Gasteiger partial charge on any atom is -0.0918 e. The number of halogens is 2. The van der Waals surface area contributed by atoms with Crippen molar-refractivity contribution >= 4 is 31.9 Å². The van der Waals surface area contributed by atoms with Crippen molar-refractivity contribution in [1.82, 2.24) is 0 Å². The molecule has 0 radical (unpaired) electrons. The summed E-state index contributed by atoms with van der Waals surface area (Å²) in [4.78, 5) is 0. The van der Waals surface area contributed by atoms with Gasteiger partial charge in [0.25, 0.3) is 0 Å². The number of benzene rings is 2. The summed E-state index contributed by atoms with van der Waals surface area (Å²) in [5, 5.41) is 1.90. The third-order valence-electron chi connectivity index (χ3n) is 4.39. The molecule has 0 bridgehead atoms. The summed E-state index contributed by atoms with van der Waals surface area (Å²) in [5.41, 5.74) is 7.12. The van der Waals surface area contributed by atoms with Gasteiger partial charge in [0.1, 0.15) is 0 Å². The van der Waals surface area contributed by atoms with Gasteiger partial charge >= 0.3 is 0 Å². The zero-order valence-electron chi connectivity index (χ0n) is 12.9.